The number of hydrogen-bond donors (Lipinski definition) is 0. The summed E-state index contributed by atoms with van der Waals surface area (Å²) >= 11 is 0. The molecule has 2 unspecified atom stereocenters. The van der Waals surface area contributed by atoms with Gasteiger partial charge in [0.1, 0.15) is 6.10 Å². The summed E-state index contributed by atoms with van der Waals surface area (Å²) in [6, 6.07) is 0. The number of cyclic esters (lactones) is 1. The summed E-state index contributed by atoms with van der Waals surface area (Å²) in [5.41, 5.74) is 0. The molecule has 4 heteroatoms. The number of carbonyl (C=O) groups excluding carboxylic acids is 2. The van der Waals surface area contributed by atoms with Gasteiger partial charge >= 0.3 is 11.9 Å². The first-order valence-electron chi connectivity index (χ1n) is 4.95. The van der Waals surface area contributed by atoms with E-state index in [9.17, 15) is 9.59 Å². The molecule has 0 aliphatic carbocycles. The number of hydrogen-bond acceptors (Lipinski definition) is 4. The minimum atomic E-state index is -0.688. The second-order valence-electron chi connectivity index (χ2n) is 3.72. The molecule has 0 aromatic carbocycles. The van der Waals surface area contributed by atoms with Crippen LogP contribution >= 0.6 is 0 Å². The molecule has 1 rings (SSSR count). The van der Waals surface area contributed by atoms with Gasteiger partial charge in [0.25, 0.3) is 0 Å². The van der Waals surface area contributed by atoms with Gasteiger partial charge < -0.3 is 9.47 Å². The van der Waals surface area contributed by atoms with Crippen molar-refractivity contribution >= 4 is 11.9 Å². The first kappa shape index (κ1) is 11.0. The standard InChI is InChI=1S/C10H16O4/c1-4-6(2)9(11)14-8-5-7(3)13-10(8)12/h6-8H,4-5H2,1-3H3/t6?,7-,8?/m0/s1. The Morgan fingerprint density at radius 2 is 2.36 bits per heavy atom. The van der Waals surface area contributed by atoms with E-state index in [0.29, 0.717) is 6.42 Å². The van der Waals surface area contributed by atoms with Crippen LogP contribution < -0.4 is 0 Å². The molecule has 14 heavy (non-hydrogen) atoms. The van der Waals surface area contributed by atoms with Crippen molar-refractivity contribution in [3.63, 3.8) is 0 Å². The topological polar surface area (TPSA) is 52.6 Å². The van der Waals surface area contributed by atoms with Gasteiger partial charge in [-0.2, -0.15) is 0 Å². The maximum absolute atomic E-state index is 11.4. The molecule has 0 spiro atoms. The molecular weight excluding hydrogens is 184 g/mol. The third kappa shape index (κ3) is 2.47. The van der Waals surface area contributed by atoms with Crippen LogP contribution in [0.3, 0.4) is 0 Å². The highest BCUT2D eigenvalue weighted by Gasteiger charge is 2.35. The van der Waals surface area contributed by atoms with Crippen LogP contribution in [0.25, 0.3) is 0 Å². The van der Waals surface area contributed by atoms with Crippen LogP contribution in [0.1, 0.15) is 33.6 Å². The summed E-state index contributed by atoms with van der Waals surface area (Å²) in [6.45, 7) is 5.47. The fourth-order valence-electron chi connectivity index (χ4n) is 1.24. The van der Waals surface area contributed by atoms with Crippen LogP contribution in [0.4, 0.5) is 0 Å². The summed E-state index contributed by atoms with van der Waals surface area (Å²) in [4.78, 5) is 22.5. The number of rotatable bonds is 3. The molecule has 0 aromatic rings. The summed E-state index contributed by atoms with van der Waals surface area (Å²) < 4.78 is 9.91. The highest BCUT2D eigenvalue weighted by atomic mass is 16.6. The summed E-state index contributed by atoms with van der Waals surface area (Å²) in [7, 11) is 0. The van der Waals surface area contributed by atoms with Gasteiger partial charge in [-0.15, -0.1) is 0 Å². The van der Waals surface area contributed by atoms with E-state index >= 15 is 0 Å². The van der Waals surface area contributed by atoms with Gasteiger partial charge in [0.15, 0.2) is 0 Å². The molecule has 0 aromatic heterocycles. The van der Waals surface area contributed by atoms with Crippen molar-refractivity contribution in [3.8, 4) is 0 Å². The number of esters is 2. The molecule has 1 aliphatic rings. The van der Waals surface area contributed by atoms with E-state index in [-0.39, 0.29) is 18.0 Å². The zero-order valence-electron chi connectivity index (χ0n) is 8.78. The van der Waals surface area contributed by atoms with Crippen molar-refractivity contribution in [1.29, 1.82) is 0 Å². The Balaban J connectivity index is 2.45. The molecule has 0 radical (unpaired) electrons. The van der Waals surface area contributed by atoms with Gasteiger partial charge in [0.2, 0.25) is 6.10 Å². The molecule has 1 saturated heterocycles. The largest absolute Gasteiger partial charge is 0.460 e. The second-order valence-corrected chi connectivity index (χ2v) is 3.72. The molecule has 1 fully saturated rings. The van der Waals surface area contributed by atoms with Crippen LogP contribution in [-0.4, -0.2) is 24.1 Å². The second kappa shape index (κ2) is 4.44. The monoisotopic (exact) mass is 200 g/mol. The smallest absolute Gasteiger partial charge is 0.347 e. The van der Waals surface area contributed by atoms with Crippen molar-refractivity contribution in [2.45, 2.75) is 45.8 Å². The van der Waals surface area contributed by atoms with Gasteiger partial charge in [-0.1, -0.05) is 13.8 Å². The molecule has 0 amide bonds. The quantitative estimate of drug-likeness (QED) is 0.644. The van der Waals surface area contributed by atoms with Gasteiger partial charge in [0.05, 0.1) is 5.92 Å². The Morgan fingerprint density at radius 1 is 1.71 bits per heavy atom. The van der Waals surface area contributed by atoms with E-state index in [2.05, 4.69) is 0 Å². The fourth-order valence-corrected chi connectivity index (χ4v) is 1.24. The van der Waals surface area contributed by atoms with Gasteiger partial charge in [-0.25, -0.2) is 4.79 Å². The van der Waals surface area contributed by atoms with E-state index in [1.54, 1.807) is 13.8 Å². The predicted octanol–water partition coefficient (Wildman–Crippen LogP) is 1.28. The van der Waals surface area contributed by atoms with E-state index in [1.807, 2.05) is 6.92 Å². The van der Waals surface area contributed by atoms with Crippen molar-refractivity contribution < 1.29 is 19.1 Å². The maximum Gasteiger partial charge on any atom is 0.347 e. The molecule has 80 valence electrons. The Hall–Kier alpha value is -1.06. The lowest BCUT2D eigenvalue weighted by Gasteiger charge is -2.11. The Morgan fingerprint density at radius 3 is 2.79 bits per heavy atom. The summed E-state index contributed by atoms with van der Waals surface area (Å²) in [5, 5.41) is 0. The average molecular weight is 200 g/mol. The lowest BCUT2D eigenvalue weighted by molar-refractivity contribution is -0.163. The molecular formula is C10H16O4. The summed E-state index contributed by atoms with van der Waals surface area (Å²) in [6.07, 6.45) is 0.362. The molecule has 0 bridgehead atoms. The molecule has 0 saturated carbocycles. The van der Waals surface area contributed by atoms with E-state index < -0.39 is 12.1 Å². The zero-order chi connectivity index (χ0) is 10.7. The Bertz CT molecular complexity index is 236. The molecule has 1 heterocycles. The van der Waals surface area contributed by atoms with Crippen molar-refractivity contribution in [3.05, 3.63) is 0 Å². The number of carbonyl (C=O) groups is 2. The van der Waals surface area contributed by atoms with Crippen molar-refractivity contribution in [2.75, 3.05) is 0 Å². The van der Waals surface area contributed by atoms with Crippen LogP contribution in [0.2, 0.25) is 0 Å². The minimum absolute atomic E-state index is 0.141. The first-order chi connectivity index (χ1) is 6.54. The molecule has 1 aliphatic heterocycles. The first-order valence-corrected chi connectivity index (χ1v) is 4.95. The van der Waals surface area contributed by atoms with Gasteiger partial charge in [0, 0.05) is 6.42 Å². The van der Waals surface area contributed by atoms with Gasteiger partial charge in [-0.3, -0.25) is 4.79 Å². The highest BCUT2D eigenvalue weighted by Crippen LogP contribution is 2.19. The summed E-state index contributed by atoms with van der Waals surface area (Å²) in [5.74, 6) is -0.892. The van der Waals surface area contributed by atoms with Crippen molar-refractivity contribution in [1.82, 2.24) is 0 Å². The Labute approximate surface area is 83.6 Å². The van der Waals surface area contributed by atoms with Crippen LogP contribution in [0, 0.1) is 5.92 Å². The fraction of sp³-hybridized carbons (Fsp3) is 0.800. The number of ether oxygens (including phenoxy) is 2. The molecule has 0 N–H and O–H groups in total. The molecule has 4 nitrogen and oxygen atoms in total. The van der Waals surface area contributed by atoms with Crippen LogP contribution in [0.15, 0.2) is 0 Å². The maximum atomic E-state index is 11.4. The predicted molar refractivity (Wildman–Crippen MR) is 49.5 cm³/mol. The third-order valence-electron chi connectivity index (χ3n) is 2.40. The lowest BCUT2D eigenvalue weighted by atomic mass is 10.1. The molecule has 3 atom stereocenters. The van der Waals surface area contributed by atoms with Crippen molar-refractivity contribution in [2.24, 2.45) is 5.92 Å². The SMILES string of the molecule is CCC(C)C(=O)OC1C[C@H](C)OC1=O. The van der Waals surface area contributed by atoms with E-state index in [0.717, 1.165) is 6.42 Å². The van der Waals surface area contributed by atoms with Gasteiger partial charge in [-0.05, 0) is 13.3 Å². The third-order valence-corrected chi connectivity index (χ3v) is 2.40. The zero-order valence-corrected chi connectivity index (χ0v) is 8.78. The van der Waals surface area contributed by atoms with Crippen LogP contribution in [-0.2, 0) is 19.1 Å². The van der Waals surface area contributed by atoms with E-state index in [1.165, 1.54) is 0 Å². The average Bonchev–Trinajstić information content (AvgIpc) is 2.44. The van der Waals surface area contributed by atoms with E-state index in [4.69, 9.17) is 9.47 Å². The van der Waals surface area contributed by atoms with Crippen LogP contribution in [0.5, 0.6) is 0 Å². The lowest BCUT2D eigenvalue weighted by Crippen LogP contribution is -2.25. The highest BCUT2D eigenvalue weighted by molar-refractivity contribution is 5.81. The normalized spacial score (nSPS) is 28.4. The minimum Gasteiger partial charge on any atom is -0.460 e. The Kier molecular flexibility index (Phi) is 3.49.